The fraction of sp³-hybridized carbons (Fsp3) is 0.393. The van der Waals surface area contributed by atoms with Gasteiger partial charge in [0.2, 0.25) is 5.89 Å². The summed E-state index contributed by atoms with van der Waals surface area (Å²) < 4.78 is 13.4. The van der Waals surface area contributed by atoms with Gasteiger partial charge in [0.1, 0.15) is 22.7 Å². The van der Waals surface area contributed by atoms with Crippen LogP contribution in [-0.2, 0) is 21.6 Å². The van der Waals surface area contributed by atoms with Crippen LogP contribution in [0.1, 0.15) is 43.9 Å². The van der Waals surface area contributed by atoms with E-state index >= 15 is 0 Å². The molecule has 4 heterocycles. The van der Waals surface area contributed by atoms with Crippen molar-refractivity contribution < 1.29 is 29.0 Å². The molecular formula is C28H30N4O8S. The molecule has 1 aliphatic heterocycles. The molecule has 4 aromatic rings. The minimum absolute atomic E-state index is 0.153. The molecule has 13 heteroatoms. The molecular weight excluding hydrogens is 552 g/mol. The predicted octanol–water partition coefficient (Wildman–Crippen LogP) is 3.34. The number of thiophene rings is 1. The zero-order valence-corrected chi connectivity index (χ0v) is 23.6. The minimum Gasteiger partial charge on any atom is -0.480 e. The third-order valence-electron chi connectivity index (χ3n) is 7.41. The molecule has 41 heavy (non-hydrogen) atoms. The second-order valence-corrected chi connectivity index (χ2v) is 11.5. The Morgan fingerprint density at radius 1 is 1.20 bits per heavy atom. The van der Waals surface area contributed by atoms with E-state index in [2.05, 4.69) is 4.98 Å². The summed E-state index contributed by atoms with van der Waals surface area (Å²) in [5, 5.41) is 19.9. The zero-order chi connectivity index (χ0) is 29.5. The SMILES string of the molecule is Cc1c(-c2ncco2)sc2c1c(=O)n(C(C)(C)C(=O)O)c(=O)n2C[C@H](OC(=O)N1CCC(O)CC1)c1ccccc1. The van der Waals surface area contributed by atoms with Crippen molar-refractivity contribution in [2.24, 2.45) is 0 Å². The number of aromatic nitrogens is 3. The van der Waals surface area contributed by atoms with Crippen molar-refractivity contribution in [3.8, 4) is 10.8 Å². The van der Waals surface area contributed by atoms with Gasteiger partial charge in [0.15, 0.2) is 0 Å². The lowest BCUT2D eigenvalue weighted by Gasteiger charge is -2.31. The van der Waals surface area contributed by atoms with Crippen molar-refractivity contribution in [2.75, 3.05) is 13.1 Å². The van der Waals surface area contributed by atoms with Crippen LogP contribution in [0.2, 0.25) is 0 Å². The highest BCUT2D eigenvalue weighted by Crippen LogP contribution is 2.36. The Bertz CT molecular complexity index is 1700. The number of oxazole rings is 1. The molecule has 2 N–H and O–H groups in total. The van der Waals surface area contributed by atoms with E-state index in [4.69, 9.17) is 9.15 Å². The molecule has 12 nitrogen and oxygen atoms in total. The number of benzene rings is 1. The maximum absolute atomic E-state index is 14.0. The fourth-order valence-electron chi connectivity index (χ4n) is 4.92. The van der Waals surface area contributed by atoms with E-state index in [1.54, 1.807) is 37.3 Å². The Morgan fingerprint density at radius 3 is 2.49 bits per heavy atom. The van der Waals surface area contributed by atoms with Gasteiger partial charge >= 0.3 is 17.8 Å². The molecule has 1 aromatic carbocycles. The van der Waals surface area contributed by atoms with Crippen LogP contribution >= 0.6 is 11.3 Å². The summed E-state index contributed by atoms with van der Waals surface area (Å²) in [6.45, 7) is 4.71. The van der Waals surface area contributed by atoms with E-state index in [0.717, 1.165) is 15.9 Å². The molecule has 0 aliphatic carbocycles. The Balaban J connectivity index is 1.68. The molecule has 1 fully saturated rings. The van der Waals surface area contributed by atoms with Gasteiger partial charge in [-0.15, -0.1) is 11.3 Å². The monoisotopic (exact) mass is 582 g/mol. The number of ether oxygens (including phenoxy) is 1. The van der Waals surface area contributed by atoms with Gasteiger partial charge in [-0.3, -0.25) is 9.36 Å². The molecule has 1 amide bonds. The topological polar surface area (TPSA) is 157 Å². The number of aliphatic carboxylic acids is 1. The molecule has 1 saturated heterocycles. The van der Waals surface area contributed by atoms with Gasteiger partial charge < -0.3 is 24.3 Å². The third kappa shape index (κ3) is 5.18. The number of carboxylic acids is 1. The van der Waals surface area contributed by atoms with E-state index in [1.165, 1.54) is 35.8 Å². The Kier molecular flexibility index (Phi) is 7.58. The largest absolute Gasteiger partial charge is 0.480 e. The number of likely N-dealkylation sites (tertiary alicyclic amines) is 1. The van der Waals surface area contributed by atoms with Crippen LogP contribution < -0.4 is 11.2 Å². The number of rotatable bonds is 7. The average molecular weight is 583 g/mol. The van der Waals surface area contributed by atoms with Gasteiger partial charge in [0, 0.05) is 13.1 Å². The van der Waals surface area contributed by atoms with Gasteiger partial charge in [-0.1, -0.05) is 30.3 Å². The first-order valence-corrected chi connectivity index (χ1v) is 13.9. The first kappa shape index (κ1) is 28.3. The predicted molar refractivity (Wildman–Crippen MR) is 150 cm³/mol. The van der Waals surface area contributed by atoms with Gasteiger partial charge in [0.25, 0.3) is 5.56 Å². The molecule has 5 rings (SSSR count). The molecule has 1 atom stereocenters. The van der Waals surface area contributed by atoms with Crippen LogP contribution in [-0.4, -0.2) is 60.5 Å². The number of piperidine rings is 1. The van der Waals surface area contributed by atoms with Crippen molar-refractivity contribution in [1.29, 1.82) is 0 Å². The van der Waals surface area contributed by atoms with E-state index in [0.29, 0.717) is 41.9 Å². The van der Waals surface area contributed by atoms with E-state index in [9.17, 15) is 29.4 Å². The normalized spacial score (nSPS) is 15.3. The number of carbonyl (C=O) groups excluding carboxylic acids is 1. The van der Waals surface area contributed by atoms with E-state index in [1.807, 2.05) is 0 Å². The van der Waals surface area contributed by atoms with Crippen molar-refractivity contribution in [1.82, 2.24) is 19.0 Å². The summed E-state index contributed by atoms with van der Waals surface area (Å²) in [6.07, 6.45) is 1.68. The Hall–Kier alpha value is -4.23. The zero-order valence-electron chi connectivity index (χ0n) is 22.8. The molecule has 0 unspecified atom stereocenters. The molecule has 3 aromatic heterocycles. The first-order chi connectivity index (χ1) is 19.5. The van der Waals surface area contributed by atoms with Crippen LogP contribution in [0.3, 0.4) is 0 Å². The molecule has 0 saturated carbocycles. The number of carboxylic acid groups (broad SMARTS) is 1. The van der Waals surface area contributed by atoms with E-state index in [-0.39, 0.29) is 22.7 Å². The summed E-state index contributed by atoms with van der Waals surface area (Å²) in [5.41, 5.74) is -2.39. The van der Waals surface area contributed by atoms with Crippen molar-refractivity contribution in [3.05, 3.63) is 74.8 Å². The first-order valence-electron chi connectivity index (χ1n) is 13.1. The van der Waals surface area contributed by atoms with Crippen LogP contribution in [0.25, 0.3) is 21.0 Å². The highest BCUT2D eigenvalue weighted by Gasteiger charge is 2.36. The maximum Gasteiger partial charge on any atom is 0.410 e. The number of carbonyl (C=O) groups is 2. The van der Waals surface area contributed by atoms with Crippen LogP contribution in [0.15, 0.2) is 56.8 Å². The van der Waals surface area contributed by atoms with Crippen molar-refractivity contribution >= 4 is 33.6 Å². The lowest BCUT2D eigenvalue weighted by molar-refractivity contribution is -0.146. The third-order valence-corrected chi connectivity index (χ3v) is 8.71. The maximum atomic E-state index is 14.0. The number of hydrogen-bond acceptors (Lipinski definition) is 9. The molecule has 216 valence electrons. The van der Waals surface area contributed by atoms with Gasteiger partial charge in [-0.25, -0.2) is 23.9 Å². The summed E-state index contributed by atoms with van der Waals surface area (Å²) in [5.74, 6) is -1.11. The number of hydrogen-bond donors (Lipinski definition) is 2. The fourth-order valence-corrected chi connectivity index (χ4v) is 6.17. The number of fused-ring (bicyclic) bond motifs is 1. The van der Waals surface area contributed by atoms with Gasteiger partial charge in [-0.2, -0.15) is 0 Å². The van der Waals surface area contributed by atoms with Crippen LogP contribution in [0.5, 0.6) is 0 Å². The summed E-state index contributed by atoms with van der Waals surface area (Å²) >= 11 is 1.12. The summed E-state index contributed by atoms with van der Waals surface area (Å²) in [4.78, 5) is 59.7. The lowest BCUT2D eigenvalue weighted by Crippen LogP contribution is -2.52. The van der Waals surface area contributed by atoms with E-state index < -0.39 is 41.1 Å². The highest BCUT2D eigenvalue weighted by molar-refractivity contribution is 7.22. The quantitative estimate of drug-likeness (QED) is 0.333. The number of aliphatic hydroxyl groups is 1. The lowest BCUT2D eigenvalue weighted by atomic mass is 10.1. The molecule has 0 bridgehead atoms. The van der Waals surface area contributed by atoms with Gasteiger partial charge in [-0.05, 0) is 44.7 Å². The summed E-state index contributed by atoms with van der Waals surface area (Å²) in [6, 6.07) is 8.87. The molecule has 0 radical (unpaired) electrons. The standard InChI is InChI=1S/C28H30N4O8S/c1-16-20-23(34)32(28(2,3)25(35)36)26(37)31(24(20)41-21(16)22-29-11-14-39-22)15-19(17-7-5-4-6-8-17)40-27(38)30-12-9-18(33)10-13-30/h4-8,11,14,18-19,33H,9-10,12-13,15H2,1-3H3,(H,35,36)/t19-/m0/s1. The van der Waals surface area contributed by atoms with Crippen LogP contribution in [0.4, 0.5) is 4.79 Å². The Morgan fingerprint density at radius 2 is 1.88 bits per heavy atom. The van der Waals surface area contributed by atoms with Crippen LogP contribution in [0, 0.1) is 6.92 Å². The number of aliphatic hydroxyl groups excluding tert-OH is 1. The molecule has 0 spiro atoms. The van der Waals surface area contributed by atoms with Gasteiger partial charge in [0.05, 0.1) is 29.1 Å². The van der Waals surface area contributed by atoms with Crippen molar-refractivity contribution in [2.45, 2.75) is 57.9 Å². The summed E-state index contributed by atoms with van der Waals surface area (Å²) in [7, 11) is 0. The molecule has 1 aliphatic rings. The number of aryl methyl sites for hydroxylation is 1. The average Bonchev–Trinajstić information content (AvgIpc) is 3.59. The number of nitrogens with zero attached hydrogens (tertiary/aromatic N) is 4. The Labute approximate surface area is 238 Å². The second kappa shape index (κ2) is 11.0. The minimum atomic E-state index is -1.88. The number of amides is 1. The smallest absolute Gasteiger partial charge is 0.410 e. The highest BCUT2D eigenvalue weighted by atomic mass is 32.1. The van der Waals surface area contributed by atoms with Crippen molar-refractivity contribution in [3.63, 3.8) is 0 Å². The second-order valence-electron chi connectivity index (χ2n) is 10.5.